The van der Waals surface area contributed by atoms with E-state index >= 15 is 0 Å². The number of ether oxygens (including phenoxy) is 3. The highest BCUT2D eigenvalue weighted by Crippen LogP contribution is 2.47. The Labute approximate surface area is 226 Å². The van der Waals surface area contributed by atoms with Gasteiger partial charge in [-0.25, -0.2) is 23.5 Å². The number of methoxy groups -OCH3 is 1. The fourth-order valence-corrected chi connectivity index (χ4v) is 8.48. The van der Waals surface area contributed by atoms with Crippen molar-refractivity contribution in [1.29, 1.82) is 0 Å². The van der Waals surface area contributed by atoms with Crippen molar-refractivity contribution in [2.24, 2.45) is 0 Å². The summed E-state index contributed by atoms with van der Waals surface area (Å²) >= 11 is 1.34. The number of rotatable bonds is 10. The molecule has 2 N–H and O–H groups in total. The van der Waals surface area contributed by atoms with Gasteiger partial charge in [0, 0.05) is 35.6 Å². The molecule has 2 fully saturated rings. The van der Waals surface area contributed by atoms with Gasteiger partial charge in [0.25, 0.3) is 0 Å². The molecule has 2 aliphatic heterocycles. The first-order chi connectivity index (χ1) is 18.3. The minimum Gasteiger partial charge on any atom is -0.447 e. The minimum atomic E-state index is -3.60. The van der Waals surface area contributed by atoms with Crippen molar-refractivity contribution in [3.63, 3.8) is 0 Å². The normalized spacial score (nSPS) is 22.9. The number of sulfone groups is 1. The van der Waals surface area contributed by atoms with Crippen LogP contribution in [0.5, 0.6) is 0 Å². The number of hydrogen-bond acceptors (Lipinski definition) is 9. The topological polar surface area (TPSA) is 129 Å². The first kappa shape index (κ1) is 28.5. The molecule has 2 atom stereocenters. The molecule has 3 heterocycles. The van der Waals surface area contributed by atoms with Crippen molar-refractivity contribution < 1.29 is 37.1 Å². The highest BCUT2D eigenvalue weighted by atomic mass is 32.2. The summed E-state index contributed by atoms with van der Waals surface area (Å²) in [5.41, 5.74) is 3.78. The number of thiophene rings is 1. The Hall–Kier alpha value is -2.51. The number of nitrogens with one attached hydrogen (secondary N) is 2. The average Bonchev–Trinajstić information content (AvgIpc) is 3.41. The zero-order valence-corrected chi connectivity index (χ0v) is 23.0. The van der Waals surface area contributed by atoms with Crippen LogP contribution in [0.1, 0.15) is 49.8 Å². The van der Waals surface area contributed by atoms with Gasteiger partial charge in [-0.05, 0) is 55.5 Å². The van der Waals surface area contributed by atoms with Gasteiger partial charge in [-0.2, -0.15) is 0 Å². The van der Waals surface area contributed by atoms with Gasteiger partial charge in [0.1, 0.15) is 11.4 Å². The third-order valence-corrected chi connectivity index (χ3v) is 10.7. The van der Waals surface area contributed by atoms with Crippen LogP contribution in [0.3, 0.4) is 0 Å². The van der Waals surface area contributed by atoms with Crippen LogP contribution in [-0.2, 0) is 38.4 Å². The van der Waals surface area contributed by atoms with E-state index in [0.29, 0.717) is 49.5 Å². The lowest BCUT2D eigenvalue weighted by molar-refractivity contribution is -0.200. The molecule has 2 amide bonds. The Bertz CT molecular complexity index is 1210. The van der Waals surface area contributed by atoms with E-state index in [-0.39, 0.29) is 18.8 Å². The SMILES string of the molecule is COCCOC(=O)Nc1cccc(-c2ccc([C@@]3(CC(=O)NOC4CCCCO4)CCCCS3(=O)=O)s2)c1. The summed E-state index contributed by atoms with van der Waals surface area (Å²) < 4.78 is 41.0. The van der Waals surface area contributed by atoms with Crippen LogP contribution in [0.4, 0.5) is 10.5 Å². The number of hydrogen-bond donors (Lipinski definition) is 2. The molecule has 0 radical (unpaired) electrons. The Morgan fingerprint density at radius 3 is 2.76 bits per heavy atom. The third kappa shape index (κ3) is 6.92. The maximum atomic E-state index is 13.5. The summed E-state index contributed by atoms with van der Waals surface area (Å²) in [5, 5.41) is 2.68. The summed E-state index contributed by atoms with van der Waals surface area (Å²) in [6, 6.07) is 10.9. The van der Waals surface area contributed by atoms with E-state index in [4.69, 9.17) is 19.0 Å². The maximum absolute atomic E-state index is 13.5. The predicted octanol–water partition coefficient (Wildman–Crippen LogP) is 4.37. The van der Waals surface area contributed by atoms with Gasteiger partial charge >= 0.3 is 6.09 Å². The lowest BCUT2D eigenvalue weighted by Crippen LogP contribution is -2.45. The summed E-state index contributed by atoms with van der Waals surface area (Å²) in [5.74, 6) is -0.456. The molecule has 0 aliphatic carbocycles. The Kier molecular flexibility index (Phi) is 9.77. The van der Waals surface area contributed by atoms with Gasteiger partial charge in [0.2, 0.25) is 5.91 Å². The highest BCUT2D eigenvalue weighted by Gasteiger charge is 2.49. The molecular weight excluding hydrogens is 532 g/mol. The van der Waals surface area contributed by atoms with Crippen molar-refractivity contribution in [3.05, 3.63) is 41.3 Å². The van der Waals surface area contributed by atoms with E-state index in [1.807, 2.05) is 12.1 Å². The molecule has 0 bridgehead atoms. The van der Waals surface area contributed by atoms with E-state index in [9.17, 15) is 18.0 Å². The number of carbonyl (C=O) groups is 2. The largest absolute Gasteiger partial charge is 0.447 e. The number of hydroxylamine groups is 1. The van der Waals surface area contributed by atoms with Gasteiger partial charge in [-0.3, -0.25) is 10.1 Å². The maximum Gasteiger partial charge on any atom is 0.411 e. The molecule has 12 heteroatoms. The smallest absolute Gasteiger partial charge is 0.411 e. The molecule has 2 aromatic rings. The molecule has 2 aliphatic rings. The lowest BCUT2D eigenvalue weighted by atomic mass is 9.94. The molecule has 2 saturated heterocycles. The quantitative estimate of drug-likeness (QED) is 0.320. The molecule has 38 heavy (non-hydrogen) atoms. The number of amides is 2. The van der Waals surface area contributed by atoms with Gasteiger partial charge in [0.15, 0.2) is 16.1 Å². The lowest BCUT2D eigenvalue weighted by Gasteiger charge is -2.35. The van der Waals surface area contributed by atoms with Crippen LogP contribution in [-0.4, -0.2) is 59.4 Å². The Balaban J connectivity index is 1.51. The van der Waals surface area contributed by atoms with Crippen LogP contribution in [0.15, 0.2) is 36.4 Å². The van der Waals surface area contributed by atoms with Crippen LogP contribution in [0.25, 0.3) is 10.4 Å². The highest BCUT2D eigenvalue weighted by molar-refractivity contribution is 7.92. The number of carbonyl (C=O) groups excluding carboxylic acids is 2. The molecule has 1 aromatic heterocycles. The van der Waals surface area contributed by atoms with E-state index in [0.717, 1.165) is 23.3 Å². The first-order valence-corrected chi connectivity index (χ1v) is 15.2. The molecular formula is C26H34N2O8S2. The van der Waals surface area contributed by atoms with E-state index in [1.54, 1.807) is 24.3 Å². The Morgan fingerprint density at radius 2 is 2.00 bits per heavy atom. The van der Waals surface area contributed by atoms with Crippen molar-refractivity contribution in [1.82, 2.24) is 5.48 Å². The molecule has 0 saturated carbocycles. The molecule has 1 unspecified atom stereocenters. The zero-order chi connectivity index (χ0) is 27.0. The van der Waals surface area contributed by atoms with E-state index in [2.05, 4.69) is 10.8 Å². The fourth-order valence-electron chi connectivity index (χ4n) is 4.71. The summed E-state index contributed by atoms with van der Waals surface area (Å²) in [4.78, 5) is 31.8. The fraction of sp³-hybridized carbons (Fsp3) is 0.538. The van der Waals surface area contributed by atoms with Crippen LogP contribution >= 0.6 is 11.3 Å². The third-order valence-electron chi connectivity index (χ3n) is 6.70. The molecule has 0 spiro atoms. The van der Waals surface area contributed by atoms with E-state index < -0.39 is 32.9 Å². The van der Waals surface area contributed by atoms with E-state index in [1.165, 1.54) is 18.4 Å². The standard InChI is InChI=1S/C26H34N2O8S2/c1-33-14-15-35-25(30)27-20-8-6-7-19(17-20)21-10-11-22(37-21)26(12-3-5-16-38(26,31)32)18-23(29)28-36-24-9-2-4-13-34-24/h6-8,10-11,17,24H,2-5,9,12-16,18H2,1H3,(H,27,30)(H,28,29)/t24?,26-/m0/s1. The van der Waals surface area contributed by atoms with Gasteiger partial charge < -0.3 is 14.2 Å². The van der Waals surface area contributed by atoms with Crippen molar-refractivity contribution in [3.8, 4) is 10.4 Å². The number of anilines is 1. The summed E-state index contributed by atoms with van der Waals surface area (Å²) in [6.45, 7) is 1.01. The van der Waals surface area contributed by atoms with Gasteiger partial charge in [-0.1, -0.05) is 18.6 Å². The second-order valence-corrected chi connectivity index (χ2v) is 12.9. The molecule has 10 nitrogen and oxygen atoms in total. The zero-order valence-electron chi connectivity index (χ0n) is 21.4. The van der Waals surface area contributed by atoms with Gasteiger partial charge in [0.05, 0.1) is 18.8 Å². The van der Waals surface area contributed by atoms with Crippen molar-refractivity contribution in [2.45, 2.75) is 56.0 Å². The monoisotopic (exact) mass is 566 g/mol. The minimum absolute atomic E-state index is 0.0324. The van der Waals surface area contributed by atoms with Crippen LogP contribution in [0.2, 0.25) is 0 Å². The summed E-state index contributed by atoms with van der Waals surface area (Å²) in [6.07, 6.45) is 2.88. The second-order valence-electron chi connectivity index (χ2n) is 9.38. The molecule has 208 valence electrons. The van der Waals surface area contributed by atoms with Gasteiger partial charge in [-0.15, -0.1) is 11.3 Å². The van der Waals surface area contributed by atoms with Crippen LogP contribution < -0.4 is 10.8 Å². The van der Waals surface area contributed by atoms with Crippen LogP contribution in [0, 0.1) is 0 Å². The van der Waals surface area contributed by atoms with Crippen molar-refractivity contribution >= 4 is 38.9 Å². The Morgan fingerprint density at radius 1 is 1.13 bits per heavy atom. The first-order valence-electron chi connectivity index (χ1n) is 12.7. The summed E-state index contributed by atoms with van der Waals surface area (Å²) in [7, 11) is -2.08. The second kappa shape index (κ2) is 13.0. The predicted molar refractivity (Wildman–Crippen MR) is 143 cm³/mol. The molecule has 1 aromatic carbocycles. The number of benzene rings is 1. The molecule has 4 rings (SSSR count). The average molecular weight is 567 g/mol. The van der Waals surface area contributed by atoms with Crippen molar-refractivity contribution in [2.75, 3.05) is 38.0 Å².